The lowest BCUT2D eigenvalue weighted by atomic mass is 9.85. The van der Waals surface area contributed by atoms with Crippen LogP contribution < -0.4 is 5.32 Å². The Kier molecular flexibility index (Phi) is 5.08. The largest absolute Gasteiger partial charge is 0.391 e. The van der Waals surface area contributed by atoms with Gasteiger partial charge in [-0.3, -0.25) is 4.79 Å². The number of aryl methyl sites for hydroxylation is 1. The van der Waals surface area contributed by atoms with Gasteiger partial charge in [0.2, 0.25) is 5.91 Å². The average Bonchev–Trinajstić information content (AvgIpc) is 2.95. The molecular formula is C17H19F3N2OS. The molecule has 1 aromatic carbocycles. The molecule has 3 rings (SSSR count). The van der Waals surface area contributed by atoms with E-state index in [1.54, 1.807) is 11.3 Å². The van der Waals surface area contributed by atoms with Crippen molar-refractivity contribution in [1.29, 1.82) is 0 Å². The molecule has 1 amide bonds. The number of rotatable bonds is 4. The molecule has 130 valence electrons. The third kappa shape index (κ3) is 4.26. The molecule has 1 heterocycles. The maximum absolute atomic E-state index is 12.8. The van der Waals surface area contributed by atoms with E-state index in [1.165, 1.54) is 0 Å². The predicted molar refractivity (Wildman–Crippen MR) is 87.9 cm³/mol. The van der Waals surface area contributed by atoms with Crippen molar-refractivity contribution >= 4 is 27.5 Å². The van der Waals surface area contributed by atoms with Gasteiger partial charge in [0.05, 0.1) is 21.1 Å². The number of aromatic nitrogens is 1. The fraction of sp³-hybridized carbons (Fsp3) is 0.529. The van der Waals surface area contributed by atoms with E-state index in [0.29, 0.717) is 19.3 Å². The van der Waals surface area contributed by atoms with Gasteiger partial charge in [-0.25, -0.2) is 4.98 Å². The van der Waals surface area contributed by atoms with Gasteiger partial charge in [-0.05, 0) is 31.4 Å². The number of benzene rings is 1. The zero-order valence-electron chi connectivity index (χ0n) is 13.1. The Bertz CT molecular complexity index is 680. The number of nitrogens with zero attached hydrogens (tertiary/aromatic N) is 1. The number of nitrogens with one attached hydrogen (secondary N) is 1. The van der Waals surface area contributed by atoms with Crippen molar-refractivity contribution in [2.75, 3.05) is 0 Å². The summed E-state index contributed by atoms with van der Waals surface area (Å²) in [7, 11) is 0. The van der Waals surface area contributed by atoms with Gasteiger partial charge in [-0.2, -0.15) is 13.2 Å². The highest BCUT2D eigenvalue weighted by molar-refractivity contribution is 7.18. The summed E-state index contributed by atoms with van der Waals surface area (Å²) in [5.74, 6) is -1.48. The molecule has 0 spiro atoms. The lowest BCUT2D eigenvalue weighted by molar-refractivity contribution is -0.184. The van der Waals surface area contributed by atoms with Gasteiger partial charge < -0.3 is 5.32 Å². The van der Waals surface area contributed by atoms with E-state index in [1.807, 2.05) is 24.3 Å². The van der Waals surface area contributed by atoms with Gasteiger partial charge in [0, 0.05) is 18.9 Å². The van der Waals surface area contributed by atoms with Crippen LogP contribution >= 0.6 is 11.3 Å². The summed E-state index contributed by atoms with van der Waals surface area (Å²) in [6.45, 7) is 0. The molecule has 1 aromatic heterocycles. The molecule has 1 aliphatic rings. The SMILES string of the molecule is O=C(CCc1nc2ccccc2s1)N[C@@H]1CCC[C@@H](C(F)(F)F)C1. The molecule has 0 aliphatic heterocycles. The molecule has 24 heavy (non-hydrogen) atoms. The first-order valence-electron chi connectivity index (χ1n) is 8.12. The number of alkyl halides is 3. The van der Waals surface area contributed by atoms with Crippen molar-refractivity contribution in [3.63, 3.8) is 0 Å². The monoisotopic (exact) mass is 356 g/mol. The zero-order chi connectivity index (χ0) is 17.2. The standard InChI is InChI=1S/C17H19F3N2OS/c18-17(19,20)11-4-3-5-12(10-11)21-15(23)8-9-16-22-13-6-1-2-7-14(13)24-16/h1-2,6-7,11-12H,3-5,8-10H2,(H,21,23)/t11-,12-/m1/s1. The van der Waals surface area contributed by atoms with E-state index in [9.17, 15) is 18.0 Å². The summed E-state index contributed by atoms with van der Waals surface area (Å²) in [6.07, 6.45) is -2.09. The van der Waals surface area contributed by atoms with Crippen LogP contribution in [0.3, 0.4) is 0 Å². The van der Waals surface area contributed by atoms with Crippen LogP contribution in [0.1, 0.15) is 37.1 Å². The second-order valence-corrected chi connectivity index (χ2v) is 7.36. The Labute approximate surface area is 142 Å². The van der Waals surface area contributed by atoms with Crippen LogP contribution in [0, 0.1) is 5.92 Å². The Morgan fingerprint density at radius 1 is 1.29 bits per heavy atom. The van der Waals surface area contributed by atoms with Crippen molar-refractivity contribution in [2.24, 2.45) is 5.92 Å². The fourth-order valence-corrected chi connectivity index (χ4v) is 4.13. The number of amides is 1. The molecule has 1 N–H and O–H groups in total. The third-order valence-electron chi connectivity index (χ3n) is 4.41. The van der Waals surface area contributed by atoms with Crippen molar-refractivity contribution in [3.05, 3.63) is 29.3 Å². The highest BCUT2D eigenvalue weighted by Gasteiger charge is 2.42. The second-order valence-electron chi connectivity index (χ2n) is 6.24. The van der Waals surface area contributed by atoms with Crippen LogP contribution in [0.25, 0.3) is 10.2 Å². The number of halogens is 3. The summed E-state index contributed by atoms with van der Waals surface area (Å²) in [6, 6.07) is 7.40. The number of hydrogen-bond donors (Lipinski definition) is 1. The van der Waals surface area contributed by atoms with Gasteiger partial charge in [-0.1, -0.05) is 18.6 Å². The summed E-state index contributed by atoms with van der Waals surface area (Å²) >= 11 is 1.55. The van der Waals surface area contributed by atoms with E-state index in [4.69, 9.17) is 0 Å². The first kappa shape index (κ1) is 17.2. The van der Waals surface area contributed by atoms with Crippen LogP contribution in [0.2, 0.25) is 0 Å². The third-order valence-corrected chi connectivity index (χ3v) is 5.50. The summed E-state index contributed by atoms with van der Waals surface area (Å²) in [5, 5.41) is 3.64. The molecule has 3 nitrogen and oxygen atoms in total. The molecule has 1 fully saturated rings. The maximum Gasteiger partial charge on any atom is 0.391 e. The van der Waals surface area contributed by atoms with Gasteiger partial charge in [0.25, 0.3) is 0 Å². The molecule has 0 unspecified atom stereocenters. The number of thiazole rings is 1. The minimum Gasteiger partial charge on any atom is -0.353 e. The molecular weight excluding hydrogens is 337 g/mol. The normalized spacial score (nSPS) is 21.8. The minimum atomic E-state index is -4.16. The van der Waals surface area contributed by atoms with Crippen LogP contribution in [-0.2, 0) is 11.2 Å². The second kappa shape index (κ2) is 7.09. The Balaban J connectivity index is 1.50. The summed E-state index contributed by atoms with van der Waals surface area (Å²) in [4.78, 5) is 16.5. The highest BCUT2D eigenvalue weighted by Crippen LogP contribution is 2.37. The van der Waals surface area contributed by atoms with Crippen molar-refractivity contribution < 1.29 is 18.0 Å². The zero-order valence-corrected chi connectivity index (χ0v) is 13.9. The molecule has 0 saturated heterocycles. The van der Waals surface area contributed by atoms with E-state index in [2.05, 4.69) is 10.3 Å². The van der Waals surface area contributed by atoms with Crippen molar-refractivity contribution in [3.8, 4) is 0 Å². The first-order chi connectivity index (χ1) is 11.4. The number of para-hydroxylation sites is 1. The van der Waals surface area contributed by atoms with Crippen molar-refractivity contribution in [1.82, 2.24) is 10.3 Å². The Morgan fingerprint density at radius 3 is 2.83 bits per heavy atom. The van der Waals surface area contributed by atoms with Crippen LogP contribution in [0.5, 0.6) is 0 Å². The summed E-state index contributed by atoms with van der Waals surface area (Å²) < 4.78 is 39.5. The maximum atomic E-state index is 12.8. The summed E-state index contributed by atoms with van der Waals surface area (Å²) in [5.41, 5.74) is 0.915. The van der Waals surface area contributed by atoms with Crippen molar-refractivity contribution in [2.45, 2.75) is 50.7 Å². The van der Waals surface area contributed by atoms with Crippen LogP contribution in [0.4, 0.5) is 13.2 Å². The molecule has 1 saturated carbocycles. The molecule has 1 aliphatic carbocycles. The van der Waals surface area contributed by atoms with Crippen LogP contribution in [0.15, 0.2) is 24.3 Å². The van der Waals surface area contributed by atoms with E-state index in [-0.39, 0.29) is 31.2 Å². The lowest BCUT2D eigenvalue weighted by Crippen LogP contribution is -2.41. The number of fused-ring (bicyclic) bond motifs is 1. The molecule has 2 atom stereocenters. The lowest BCUT2D eigenvalue weighted by Gasteiger charge is -2.31. The average molecular weight is 356 g/mol. The molecule has 7 heteroatoms. The van der Waals surface area contributed by atoms with Gasteiger partial charge in [0.1, 0.15) is 0 Å². The fourth-order valence-electron chi connectivity index (χ4n) is 3.17. The Hall–Kier alpha value is -1.63. The van der Waals surface area contributed by atoms with E-state index >= 15 is 0 Å². The quantitative estimate of drug-likeness (QED) is 0.878. The van der Waals surface area contributed by atoms with E-state index < -0.39 is 12.1 Å². The number of carbonyl (C=O) groups excluding carboxylic acids is 1. The topological polar surface area (TPSA) is 42.0 Å². The number of carbonyl (C=O) groups is 1. The van der Waals surface area contributed by atoms with E-state index in [0.717, 1.165) is 15.2 Å². The smallest absolute Gasteiger partial charge is 0.353 e. The molecule has 0 radical (unpaired) electrons. The van der Waals surface area contributed by atoms with Crippen LogP contribution in [-0.4, -0.2) is 23.1 Å². The molecule has 0 bridgehead atoms. The van der Waals surface area contributed by atoms with Gasteiger partial charge in [-0.15, -0.1) is 11.3 Å². The highest BCUT2D eigenvalue weighted by atomic mass is 32.1. The van der Waals surface area contributed by atoms with Gasteiger partial charge >= 0.3 is 6.18 Å². The Morgan fingerprint density at radius 2 is 2.08 bits per heavy atom. The number of hydrogen-bond acceptors (Lipinski definition) is 3. The predicted octanol–water partition coefficient (Wildman–Crippen LogP) is 4.47. The first-order valence-corrected chi connectivity index (χ1v) is 8.94. The van der Waals surface area contributed by atoms with Gasteiger partial charge in [0.15, 0.2) is 0 Å². The molecule has 2 aromatic rings. The minimum absolute atomic E-state index is 0.00359.